The number of amides is 2. The molecule has 3 rings (SSSR count). The van der Waals surface area contributed by atoms with Crippen LogP contribution in [0.15, 0.2) is 24.3 Å². The lowest BCUT2D eigenvalue weighted by atomic mass is 10.0. The number of carbonyl (C=O) groups is 2. The van der Waals surface area contributed by atoms with Crippen LogP contribution in [0.25, 0.3) is 0 Å². The summed E-state index contributed by atoms with van der Waals surface area (Å²) in [6, 6.07) is 7.38. The Morgan fingerprint density at radius 1 is 1.32 bits per heavy atom. The second-order valence-corrected chi connectivity index (χ2v) is 6.24. The van der Waals surface area contributed by atoms with Crippen molar-refractivity contribution in [1.29, 1.82) is 0 Å². The Hall–Kier alpha value is -2.04. The van der Waals surface area contributed by atoms with Gasteiger partial charge < -0.3 is 9.64 Å². The first kappa shape index (κ1) is 14.9. The van der Waals surface area contributed by atoms with Gasteiger partial charge in [0.05, 0.1) is 5.69 Å². The van der Waals surface area contributed by atoms with E-state index in [0.29, 0.717) is 17.4 Å². The van der Waals surface area contributed by atoms with Crippen molar-refractivity contribution in [3.63, 3.8) is 0 Å². The predicted molar refractivity (Wildman–Crippen MR) is 83.9 cm³/mol. The molecule has 2 amide bonds. The zero-order valence-corrected chi connectivity index (χ0v) is 13.1. The van der Waals surface area contributed by atoms with Crippen LogP contribution in [0.2, 0.25) is 0 Å². The van der Waals surface area contributed by atoms with Gasteiger partial charge in [0.2, 0.25) is 5.91 Å². The Kier molecular flexibility index (Phi) is 4.05. The number of hydrogen-bond acceptors (Lipinski definition) is 3. The molecule has 1 aromatic carbocycles. The largest absolute Gasteiger partial charge is 0.479 e. The van der Waals surface area contributed by atoms with E-state index < -0.39 is 6.10 Å². The van der Waals surface area contributed by atoms with E-state index in [1.54, 1.807) is 11.8 Å². The molecular formula is C17H22N2O3. The summed E-state index contributed by atoms with van der Waals surface area (Å²) in [6.07, 6.45) is 1.65. The van der Waals surface area contributed by atoms with E-state index in [4.69, 9.17) is 4.74 Å². The molecule has 0 saturated carbocycles. The lowest BCUT2D eigenvalue weighted by Crippen LogP contribution is -2.51. The summed E-state index contributed by atoms with van der Waals surface area (Å²) in [4.78, 5) is 28.4. The normalized spacial score (nSPS) is 24.7. The van der Waals surface area contributed by atoms with Gasteiger partial charge in [0.25, 0.3) is 5.91 Å². The highest BCUT2D eigenvalue weighted by atomic mass is 16.5. The van der Waals surface area contributed by atoms with Crippen molar-refractivity contribution in [2.75, 3.05) is 24.5 Å². The zero-order chi connectivity index (χ0) is 15.7. The Morgan fingerprint density at radius 2 is 2.09 bits per heavy atom. The average Bonchev–Trinajstić information content (AvgIpc) is 2.51. The minimum Gasteiger partial charge on any atom is -0.479 e. The first-order valence-electron chi connectivity index (χ1n) is 7.91. The number of ether oxygens (including phenoxy) is 1. The summed E-state index contributed by atoms with van der Waals surface area (Å²) < 4.78 is 5.60. The predicted octanol–water partition coefficient (Wildman–Crippen LogP) is 2.06. The van der Waals surface area contributed by atoms with Crippen LogP contribution in [-0.2, 0) is 9.59 Å². The Morgan fingerprint density at radius 3 is 2.86 bits per heavy atom. The number of carbonyl (C=O) groups excluding carboxylic acids is 2. The molecule has 5 heteroatoms. The van der Waals surface area contributed by atoms with Gasteiger partial charge in [0, 0.05) is 13.1 Å². The van der Waals surface area contributed by atoms with Crippen molar-refractivity contribution in [1.82, 2.24) is 4.90 Å². The monoisotopic (exact) mass is 302 g/mol. The quantitative estimate of drug-likeness (QED) is 0.840. The number of hydrogen-bond donors (Lipinski definition) is 0. The second-order valence-electron chi connectivity index (χ2n) is 6.24. The molecule has 1 saturated heterocycles. The van der Waals surface area contributed by atoms with Gasteiger partial charge >= 0.3 is 0 Å². The molecule has 2 heterocycles. The average molecular weight is 302 g/mol. The summed E-state index contributed by atoms with van der Waals surface area (Å²) in [7, 11) is 0. The van der Waals surface area contributed by atoms with E-state index in [9.17, 15) is 9.59 Å². The van der Waals surface area contributed by atoms with Gasteiger partial charge in [-0.25, -0.2) is 0 Å². The molecule has 1 fully saturated rings. The second kappa shape index (κ2) is 5.99. The minimum atomic E-state index is -0.553. The third-order valence-electron chi connectivity index (χ3n) is 4.38. The van der Waals surface area contributed by atoms with Crippen LogP contribution in [0.5, 0.6) is 5.75 Å². The molecule has 2 aliphatic heterocycles. The van der Waals surface area contributed by atoms with Crippen LogP contribution < -0.4 is 9.64 Å². The third kappa shape index (κ3) is 2.80. The molecule has 2 aliphatic rings. The maximum Gasteiger partial charge on any atom is 0.268 e. The molecule has 0 spiro atoms. The van der Waals surface area contributed by atoms with Crippen molar-refractivity contribution >= 4 is 17.5 Å². The molecule has 0 aliphatic carbocycles. The number of anilines is 1. The van der Waals surface area contributed by atoms with E-state index in [1.165, 1.54) is 6.42 Å². The van der Waals surface area contributed by atoms with Gasteiger partial charge in [-0.2, -0.15) is 0 Å². The van der Waals surface area contributed by atoms with Gasteiger partial charge in [0.15, 0.2) is 6.10 Å². The highest BCUT2D eigenvalue weighted by Gasteiger charge is 2.33. The van der Waals surface area contributed by atoms with Crippen molar-refractivity contribution in [3.05, 3.63) is 24.3 Å². The molecule has 0 bridgehead atoms. The number of fused-ring (bicyclic) bond motifs is 1. The van der Waals surface area contributed by atoms with Crippen molar-refractivity contribution in [3.8, 4) is 5.75 Å². The van der Waals surface area contributed by atoms with Crippen molar-refractivity contribution < 1.29 is 14.3 Å². The number of nitrogens with zero attached hydrogens (tertiary/aromatic N) is 2. The topological polar surface area (TPSA) is 49.9 Å². The maximum atomic E-state index is 12.6. The van der Waals surface area contributed by atoms with Crippen LogP contribution >= 0.6 is 0 Å². The van der Waals surface area contributed by atoms with Crippen molar-refractivity contribution in [2.45, 2.75) is 32.8 Å². The van der Waals surface area contributed by atoms with E-state index in [0.717, 1.165) is 19.5 Å². The summed E-state index contributed by atoms with van der Waals surface area (Å²) in [5.74, 6) is 1.06. The van der Waals surface area contributed by atoms with Crippen molar-refractivity contribution in [2.24, 2.45) is 5.92 Å². The van der Waals surface area contributed by atoms with Crippen LogP contribution in [-0.4, -0.2) is 42.5 Å². The molecule has 0 N–H and O–H groups in total. The van der Waals surface area contributed by atoms with Crippen LogP contribution in [0.1, 0.15) is 26.7 Å². The van der Waals surface area contributed by atoms with Crippen LogP contribution in [0.4, 0.5) is 5.69 Å². The van der Waals surface area contributed by atoms with E-state index in [2.05, 4.69) is 6.92 Å². The molecule has 0 unspecified atom stereocenters. The summed E-state index contributed by atoms with van der Waals surface area (Å²) >= 11 is 0. The first-order chi connectivity index (χ1) is 10.6. The number of likely N-dealkylation sites (tertiary alicyclic amines) is 1. The van der Waals surface area contributed by atoms with E-state index >= 15 is 0 Å². The molecule has 0 aromatic heterocycles. The smallest absolute Gasteiger partial charge is 0.268 e. The van der Waals surface area contributed by atoms with E-state index in [-0.39, 0.29) is 18.4 Å². The highest BCUT2D eigenvalue weighted by molar-refractivity contribution is 6.03. The zero-order valence-electron chi connectivity index (χ0n) is 13.1. The van der Waals surface area contributed by atoms with Crippen LogP contribution in [0, 0.1) is 5.92 Å². The first-order valence-corrected chi connectivity index (χ1v) is 7.91. The standard InChI is InChI=1S/C17H22N2O3/c1-12-6-5-9-18(10-12)16(20)11-19-14-7-3-4-8-15(14)22-13(2)17(19)21/h3-4,7-8,12-13H,5-6,9-11H2,1-2H3/t12-,13+/m1/s1. The van der Waals surface area contributed by atoms with Gasteiger partial charge in [0.1, 0.15) is 12.3 Å². The Labute approximate surface area is 130 Å². The summed E-state index contributed by atoms with van der Waals surface area (Å²) in [5.41, 5.74) is 0.684. The molecule has 2 atom stereocenters. The lowest BCUT2D eigenvalue weighted by Gasteiger charge is -2.36. The summed E-state index contributed by atoms with van der Waals surface area (Å²) in [6.45, 7) is 5.55. The Balaban J connectivity index is 1.78. The van der Waals surface area contributed by atoms with Gasteiger partial charge in [-0.3, -0.25) is 14.5 Å². The molecule has 5 nitrogen and oxygen atoms in total. The maximum absolute atomic E-state index is 12.6. The SMILES string of the molecule is C[C@@H]1CCCN(C(=O)CN2C(=O)[C@H](C)Oc3ccccc32)C1. The number of benzene rings is 1. The number of piperidine rings is 1. The minimum absolute atomic E-state index is 0.0174. The fourth-order valence-electron chi connectivity index (χ4n) is 3.17. The van der Waals surface area contributed by atoms with Gasteiger partial charge in [-0.1, -0.05) is 19.1 Å². The fraction of sp³-hybridized carbons (Fsp3) is 0.529. The van der Waals surface area contributed by atoms with Gasteiger partial charge in [-0.15, -0.1) is 0 Å². The van der Waals surface area contributed by atoms with E-state index in [1.807, 2.05) is 29.2 Å². The fourth-order valence-corrected chi connectivity index (χ4v) is 3.17. The molecule has 22 heavy (non-hydrogen) atoms. The number of rotatable bonds is 2. The highest BCUT2D eigenvalue weighted by Crippen LogP contribution is 2.33. The lowest BCUT2D eigenvalue weighted by molar-refractivity contribution is -0.134. The molecular weight excluding hydrogens is 280 g/mol. The molecule has 118 valence electrons. The third-order valence-corrected chi connectivity index (χ3v) is 4.38. The molecule has 0 radical (unpaired) electrons. The van der Waals surface area contributed by atoms with Crippen LogP contribution in [0.3, 0.4) is 0 Å². The van der Waals surface area contributed by atoms with Gasteiger partial charge in [-0.05, 0) is 37.8 Å². The molecule has 1 aromatic rings. The summed E-state index contributed by atoms with van der Waals surface area (Å²) in [5, 5.41) is 0. The Bertz CT molecular complexity index is 587. The number of para-hydroxylation sites is 2.